The summed E-state index contributed by atoms with van der Waals surface area (Å²) in [5, 5.41) is 11.5. The lowest BCUT2D eigenvalue weighted by molar-refractivity contribution is 0.169. The number of likely N-dealkylation sites (tertiary alicyclic amines) is 1. The van der Waals surface area contributed by atoms with Crippen molar-refractivity contribution in [2.45, 2.75) is 151 Å². The van der Waals surface area contributed by atoms with Crippen LogP contribution in [0.2, 0.25) is 0 Å². The molecule has 4 rings (SSSR count). The van der Waals surface area contributed by atoms with Gasteiger partial charge in [0, 0.05) is 29.7 Å². The molecule has 0 spiro atoms. The molecular weight excluding hydrogens is 550 g/mol. The Kier molecular flexibility index (Phi) is 12.1. The SMILES string of the molecule is C=C(NC(CC)C(C)(C)C)NC(C(=C)N1C[C@H]2[C@@H](C1C(=C)NC(CC1CCC1)C(=C)C(=C)N)C2(C)CC)C1(C)CCCC1.CC. The largest absolute Gasteiger partial charge is 0.399 e. The predicted octanol–water partition coefficient (Wildman–Crippen LogP) is 8.99. The van der Waals surface area contributed by atoms with Gasteiger partial charge in [-0.05, 0) is 65.3 Å². The first-order chi connectivity index (χ1) is 21.1. The first-order valence-corrected chi connectivity index (χ1v) is 18.3. The number of piperidine rings is 1. The second kappa shape index (κ2) is 14.6. The highest BCUT2D eigenvalue weighted by molar-refractivity contribution is 5.34. The smallest absolute Gasteiger partial charge is 0.0920 e. The van der Waals surface area contributed by atoms with Crippen LogP contribution in [0, 0.1) is 34.0 Å². The predicted molar refractivity (Wildman–Crippen MR) is 196 cm³/mol. The van der Waals surface area contributed by atoms with Gasteiger partial charge in [-0.2, -0.15) is 0 Å². The maximum Gasteiger partial charge on any atom is 0.0920 e. The summed E-state index contributed by atoms with van der Waals surface area (Å²) in [5.74, 6) is 2.85. The zero-order valence-corrected chi connectivity index (χ0v) is 30.9. The van der Waals surface area contributed by atoms with Gasteiger partial charge in [0.25, 0.3) is 0 Å². The van der Waals surface area contributed by atoms with Crippen molar-refractivity contribution in [3.8, 4) is 0 Å². The summed E-state index contributed by atoms with van der Waals surface area (Å²) < 4.78 is 0. The fourth-order valence-electron chi connectivity index (χ4n) is 8.86. The highest BCUT2D eigenvalue weighted by Gasteiger charge is 2.69. The van der Waals surface area contributed by atoms with Crippen molar-refractivity contribution in [1.29, 1.82) is 0 Å². The molecule has 7 atom stereocenters. The number of nitrogens with one attached hydrogen (secondary N) is 3. The van der Waals surface area contributed by atoms with Gasteiger partial charge in [-0.3, -0.25) is 0 Å². The summed E-state index contributed by atoms with van der Waals surface area (Å²) in [7, 11) is 0. The highest BCUT2D eigenvalue weighted by Crippen LogP contribution is 2.68. The van der Waals surface area contributed by atoms with Crippen LogP contribution in [0.1, 0.15) is 127 Å². The first-order valence-electron chi connectivity index (χ1n) is 18.3. The second-order valence-corrected chi connectivity index (χ2v) is 16.3. The van der Waals surface area contributed by atoms with Crippen molar-refractivity contribution < 1.29 is 0 Å². The lowest BCUT2D eigenvalue weighted by Crippen LogP contribution is -2.53. The Hall–Kier alpha value is -2.30. The molecule has 0 aromatic heterocycles. The van der Waals surface area contributed by atoms with Crippen molar-refractivity contribution in [2.75, 3.05) is 6.54 Å². The number of nitrogens with two attached hydrogens (primary N) is 1. The molecule has 256 valence electrons. The minimum atomic E-state index is 0.0738. The van der Waals surface area contributed by atoms with E-state index in [2.05, 4.69) is 89.1 Å². The van der Waals surface area contributed by atoms with Gasteiger partial charge in [-0.25, -0.2) is 0 Å². The summed E-state index contributed by atoms with van der Waals surface area (Å²) in [4.78, 5) is 2.61. The zero-order chi connectivity index (χ0) is 33.9. The topological polar surface area (TPSA) is 65.3 Å². The molecule has 5 unspecified atom stereocenters. The Morgan fingerprint density at radius 1 is 0.933 bits per heavy atom. The van der Waals surface area contributed by atoms with E-state index in [1.54, 1.807) is 0 Å². The van der Waals surface area contributed by atoms with Gasteiger partial charge in [0.15, 0.2) is 0 Å². The number of rotatable bonds is 16. The minimum absolute atomic E-state index is 0.0738. The average Bonchev–Trinajstić information content (AvgIpc) is 3.30. The summed E-state index contributed by atoms with van der Waals surface area (Å²) in [5.41, 5.74) is 10.6. The quantitative estimate of drug-likeness (QED) is 0.130. The summed E-state index contributed by atoms with van der Waals surface area (Å²) in [6.45, 7) is 44.0. The Balaban J connectivity index is 0.00000271. The molecule has 4 aliphatic rings. The van der Waals surface area contributed by atoms with Crippen molar-refractivity contribution in [2.24, 2.45) is 39.7 Å². The van der Waals surface area contributed by atoms with Crippen LogP contribution in [-0.4, -0.2) is 35.6 Å². The van der Waals surface area contributed by atoms with E-state index in [-0.39, 0.29) is 29.0 Å². The molecule has 5 N–H and O–H groups in total. The Morgan fingerprint density at radius 3 is 2.00 bits per heavy atom. The molecule has 1 aliphatic heterocycles. The lowest BCUT2D eigenvalue weighted by Gasteiger charge is -2.45. The van der Waals surface area contributed by atoms with E-state index in [9.17, 15) is 0 Å². The van der Waals surface area contributed by atoms with Crippen molar-refractivity contribution in [1.82, 2.24) is 20.9 Å². The van der Waals surface area contributed by atoms with E-state index in [4.69, 9.17) is 18.9 Å². The number of nitrogens with zero attached hydrogens (tertiary/aromatic N) is 1. The van der Waals surface area contributed by atoms with Crippen LogP contribution in [0.5, 0.6) is 0 Å². The van der Waals surface area contributed by atoms with Crippen molar-refractivity contribution in [3.63, 3.8) is 0 Å². The maximum absolute atomic E-state index is 6.21. The number of hydrogen-bond acceptors (Lipinski definition) is 5. The summed E-state index contributed by atoms with van der Waals surface area (Å²) in [6, 6.07) is 0.721. The molecule has 1 heterocycles. The molecule has 3 aliphatic carbocycles. The molecule has 5 nitrogen and oxygen atoms in total. The molecule has 0 bridgehead atoms. The van der Waals surface area contributed by atoms with Gasteiger partial charge < -0.3 is 26.6 Å². The monoisotopic (exact) mass is 622 g/mol. The van der Waals surface area contributed by atoms with Crippen LogP contribution >= 0.6 is 0 Å². The molecule has 0 amide bonds. The average molecular weight is 622 g/mol. The van der Waals surface area contributed by atoms with Crippen LogP contribution in [-0.2, 0) is 0 Å². The van der Waals surface area contributed by atoms with Crippen LogP contribution < -0.4 is 21.7 Å². The standard InChI is InChI=1S/C38H65N5.C2H6/c1-13-32(36(8,9)10)41-28(7)42-35(37(11)20-15-16-21-37)27(6)43-23-30-33(38(30,12)14-2)34(43)26(5)40-31(24(3)25(4)39)22-29-18-17-19-29;1-2/h29-35,40-42H,3-7,13-23,39H2,1-2,8-12H3;1-2H3/t30-,31?,32?,33-,34?,35?,38?;/m0./s1. The van der Waals surface area contributed by atoms with Gasteiger partial charge in [0.2, 0.25) is 0 Å². The van der Waals surface area contributed by atoms with Crippen molar-refractivity contribution in [3.05, 3.63) is 61.4 Å². The normalized spacial score (nSPS) is 28.7. The highest BCUT2D eigenvalue weighted by atomic mass is 15.3. The molecule has 0 aromatic carbocycles. The van der Waals surface area contributed by atoms with Crippen LogP contribution in [0.4, 0.5) is 0 Å². The molecule has 4 fully saturated rings. The minimum Gasteiger partial charge on any atom is -0.399 e. The third-order valence-electron chi connectivity index (χ3n) is 12.4. The fourth-order valence-corrected chi connectivity index (χ4v) is 8.86. The Bertz CT molecular complexity index is 1090. The third-order valence-corrected chi connectivity index (χ3v) is 12.4. The second-order valence-electron chi connectivity index (χ2n) is 16.3. The van der Waals surface area contributed by atoms with Gasteiger partial charge in [-0.1, -0.05) is 134 Å². The maximum atomic E-state index is 6.21. The molecular formula is C40H71N5. The zero-order valence-electron chi connectivity index (χ0n) is 30.9. The van der Waals surface area contributed by atoms with Crippen LogP contribution in [0.15, 0.2) is 61.4 Å². The molecule has 0 aromatic rings. The molecule has 0 radical (unpaired) electrons. The van der Waals surface area contributed by atoms with Gasteiger partial charge in [0.1, 0.15) is 0 Å². The fraction of sp³-hybridized carbons (Fsp3) is 0.750. The van der Waals surface area contributed by atoms with Gasteiger partial charge in [-0.15, -0.1) is 0 Å². The lowest BCUT2D eigenvalue weighted by atomic mass is 9.78. The van der Waals surface area contributed by atoms with Gasteiger partial charge >= 0.3 is 0 Å². The molecule has 3 saturated carbocycles. The van der Waals surface area contributed by atoms with Gasteiger partial charge in [0.05, 0.1) is 23.9 Å². The Morgan fingerprint density at radius 2 is 1.53 bits per heavy atom. The van der Waals surface area contributed by atoms with E-state index in [0.29, 0.717) is 29.0 Å². The summed E-state index contributed by atoms with van der Waals surface area (Å²) in [6.07, 6.45) is 12.1. The van der Waals surface area contributed by atoms with Crippen LogP contribution in [0.3, 0.4) is 0 Å². The van der Waals surface area contributed by atoms with Crippen LogP contribution in [0.25, 0.3) is 0 Å². The van der Waals surface area contributed by atoms with E-state index in [0.717, 1.165) is 42.4 Å². The number of hydrogen-bond donors (Lipinski definition) is 4. The molecule has 5 heteroatoms. The molecule has 45 heavy (non-hydrogen) atoms. The third kappa shape index (κ3) is 7.82. The first kappa shape index (κ1) is 37.2. The summed E-state index contributed by atoms with van der Waals surface area (Å²) >= 11 is 0. The molecule has 1 saturated heterocycles. The van der Waals surface area contributed by atoms with Crippen molar-refractivity contribution >= 4 is 0 Å². The van der Waals surface area contributed by atoms with E-state index in [1.807, 2.05) is 13.8 Å². The van der Waals surface area contributed by atoms with E-state index >= 15 is 0 Å². The van der Waals surface area contributed by atoms with E-state index in [1.165, 1.54) is 57.1 Å². The Labute approximate surface area is 278 Å². The number of fused-ring (bicyclic) bond motifs is 1. The van der Waals surface area contributed by atoms with E-state index < -0.39 is 0 Å².